The van der Waals surface area contributed by atoms with Crippen molar-refractivity contribution in [3.8, 4) is 0 Å². The lowest BCUT2D eigenvalue weighted by Gasteiger charge is -2.31. The monoisotopic (exact) mass is 499 g/mol. The van der Waals surface area contributed by atoms with Gasteiger partial charge in [0.25, 0.3) is 5.56 Å². The topological polar surface area (TPSA) is 115 Å². The molecule has 1 fully saturated rings. The van der Waals surface area contributed by atoms with Gasteiger partial charge in [-0.15, -0.1) is 0 Å². The van der Waals surface area contributed by atoms with Crippen molar-refractivity contribution < 1.29 is 23.1 Å². The number of benzene rings is 1. The number of aryl methyl sites for hydroxylation is 1. The summed E-state index contributed by atoms with van der Waals surface area (Å²) in [7, 11) is 0. The number of H-pyrrole nitrogens is 2. The molecular weight excluding hydrogens is 471 g/mol. The first kappa shape index (κ1) is 27.4. The molecule has 8 nitrogen and oxygen atoms in total. The summed E-state index contributed by atoms with van der Waals surface area (Å²) in [6, 6.07) is 7.77. The zero-order valence-corrected chi connectivity index (χ0v) is 18.7. The van der Waals surface area contributed by atoms with Crippen LogP contribution in [0.4, 0.5) is 13.2 Å². The number of hydrogen-bond acceptors (Lipinski definition) is 6. The number of thioether (sulfide) groups is 1. The average molecular weight is 500 g/mol. The van der Waals surface area contributed by atoms with Crippen LogP contribution in [-0.2, 0) is 17.1 Å². The predicted octanol–water partition coefficient (Wildman–Crippen LogP) is 4.12. The molecule has 4 rings (SSSR count). The van der Waals surface area contributed by atoms with Gasteiger partial charge in [0.15, 0.2) is 0 Å². The fraction of sp³-hybridized carbons (Fsp3) is 0.455. The number of hydrogen-bond donors (Lipinski definition) is 3. The number of para-hydroxylation sites is 1. The molecule has 1 aliphatic heterocycles. The third kappa shape index (κ3) is 7.59. The number of rotatable bonds is 5. The minimum absolute atomic E-state index is 0. The van der Waals surface area contributed by atoms with Gasteiger partial charge in [0.1, 0.15) is 5.82 Å². The number of fused-ring (bicyclic) bond motifs is 1. The van der Waals surface area contributed by atoms with Crippen LogP contribution in [-0.4, -0.2) is 60.7 Å². The van der Waals surface area contributed by atoms with Crippen LogP contribution in [0.3, 0.4) is 0 Å². The molecule has 34 heavy (non-hydrogen) atoms. The minimum atomic E-state index is -5.08. The van der Waals surface area contributed by atoms with Crippen LogP contribution in [0.1, 0.15) is 37.4 Å². The van der Waals surface area contributed by atoms with Gasteiger partial charge in [-0.25, -0.2) is 9.78 Å². The van der Waals surface area contributed by atoms with Crippen molar-refractivity contribution in [3.05, 3.63) is 57.9 Å². The number of nitrogens with zero attached hydrogens (tertiary/aromatic N) is 3. The van der Waals surface area contributed by atoms with Gasteiger partial charge in [0.05, 0.1) is 16.7 Å². The normalized spacial score (nSPS) is 14.8. The molecule has 0 saturated carbocycles. The molecule has 0 spiro atoms. The van der Waals surface area contributed by atoms with Crippen molar-refractivity contribution in [2.75, 3.05) is 13.1 Å². The molecule has 0 aliphatic carbocycles. The molecule has 3 N–H and O–H groups in total. The van der Waals surface area contributed by atoms with E-state index in [0.29, 0.717) is 10.6 Å². The summed E-state index contributed by atoms with van der Waals surface area (Å²) in [5.74, 6) is -1.22. The maximum Gasteiger partial charge on any atom is 0.490 e. The summed E-state index contributed by atoms with van der Waals surface area (Å²) in [5.41, 5.74) is 3.00. The second-order valence-electron chi connectivity index (χ2n) is 7.66. The highest BCUT2D eigenvalue weighted by Crippen LogP contribution is 2.26. The van der Waals surface area contributed by atoms with Gasteiger partial charge >= 0.3 is 12.1 Å². The Morgan fingerprint density at radius 2 is 1.94 bits per heavy atom. The Kier molecular flexibility index (Phi) is 9.68. The quantitative estimate of drug-likeness (QED) is 0.484. The Bertz CT molecular complexity index is 1130. The van der Waals surface area contributed by atoms with E-state index in [1.165, 1.54) is 5.69 Å². The van der Waals surface area contributed by atoms with E-state index in [1.807, 2.05) is 43.0 Å². The number of carboxylic acid groups (broad SMARTS) is 1. The summed E-state index contributed by atoms with van der Waals surface area (Å²) in [6.07, 6.45) is -0.956. The Balaban J connectivity index is 0.000000449. The second-order valence-corrected chi connectivity index (χ2v) is 8.94. The number of nitrogens with one attached hydrogen (secondary N) is 2. The van der Waals surface area contributed by atoms with Gasteiger partial charge in [-0.3, -0.25) is 14.8 Å². The lowest BCUT2D eigenvalue weighted by molar-refractivity contribution is -0.192. The van der Waals surface area contributed by atoms with Crippen molar-refractivity contribution >= 4 is 28.6 Å². The summed E-state index contributed by atoms with van der Waals surface area (Å²) < 4.78 is 31.7. The Morgan fingerprint density at radius 1 is 1.26 bits per heavy atom. The molecule has 1 aliphatic rings. The molecule has 0 atom stereocenters. The van der Waals surface area contributed by atoms with Gasteiger partial charge in [-0.2, -0.15) is 30.0 Å². The predicted molar refractivity (Wildman–Crippen MR) is 126 cm³/mol. The first-order valence-electron chi connectivity index (χ1n) is 10.2. The van der Waals surface area contributed by atoms with E-state index in [0.717, 1.165) is 55.1 Å². The summed E-state index contributed by atoms with van der Waals surface area (Å²) >= 11 is 1.90. The van der Waals surface area contributed by atoms with Gasteiger partial charge in [0, 0.05) is 23.7 Å². The molecule has 3 aromatic rings. The van der Waals surface area contributed by atoms with Crippen LogP contribution < -0.4 is 5.56 Å². The van der Waals surface area contributed by atoms with Crippen LogP contribution in [0, 0.1) is 6.92 Å². The molecular formula is C22H28F3N5O3S. The van der Waals surface area contributed by atoms with Crippen LogP contribution in [0.25, 0.3) is 10.9 Å². The zero-order chi connectivity index (χ0) is 24.0. The molecule has 2 aromatic heterocycles. The molecule has 0 amide bonds. The largest absolute Gasteiger partial charge is 0.490 e. The lowest BCUT2D eigenvalue weighted by atomic mass is 10.1. The second kappa shape index (κ2) is 12.0. The number of likely N-dealkylation sites (tertiary alicyclic amines) is 1. The fourth-order valence-corrected chi connectivity index (χ4v) is 4.54. The van der Waals surface area contributed by atoms with Crippen molar-refractivity contribution in [1.29, 1.82) is 0 Å². The number of piperidine rings is 1. The zero-order valence-electron chi connectivity index (χ0n) is 17.9. The van der Waals surface area contributed by atoms with Crippen LogP contribution in [0.2, 0.25) is 0 Å². The fourth-order valence-electron chi connectivity index (χ4n) is 3.46. The van der Waals surface area contributed by atoms with Crippen molar-refractivity contribution in [2.45, 2.75) is 50.9 Å². The molecule has 12 heteroatoms. The molecule has 0 radical (unpaired) electrons. The number of aromatic nitrogens is 4. The average Bonchev–Trinajstić information content (AvgIpc) is 3.27. The van der Waals surface area contributed by atoms with Crippen molar-refractivity contribution in [1.82, 2.24) is 25.1 Å². The molecule has 0 bridgehead atoms. The third-order valence-electron chi connectivity index (χ3n) is 5.17. The Labute approximate surface area is 199 Å². The van der Waals surface area contributed by atoms with Crippen LogP contribution in [0.5, 0.6) is 0 Å². The Hall–Kier alpha value is -2.86. The van der Waals surface area contributed by atoms with Gasteiger partial charge in [-0.05, 0) is 50.6 Å². The first-order chi connectivity index (χ1) is 15.6. The highest BCUT2D eigenvalue weighted by molar-refractivity contribution is 7.99. The Morgan fingerprint density at radius 3 is 2.53 bits per heavy atom. The number of aliphatic carboxylic acids is 1. The first-order valence-corrected chi connectivity index (χ1v) is 11.3. The molecule has 3 heterocycles. The van der Waals surface area contributed by atoms with E-state index in [1.54, 1.807) is 6.20 Å². The van der Waals surface area contributed by atoms with E-state index < -0.39 is 12.1 Å². The third-order valence-corrected chi connectivity index (χ3v) is 6.56. The maximum absolute atomic E-state index is 12.3. The number of halogens is 3. The van der Waals surface area contributed by atoms with E-state index in [4.69, 9.17) is 9.90 Å². The summed E-state index contributed by atoms with van der Waals surface area (Å²) in [6.45, 7) is 5.13. The maximum atomic E-state index is 12.3. The number of carbonyl (C=O) groups is 1. The standard InChI is InChI=1S/C19H23N5OS.C2HF3O2.CH4/c1-13-3-2-4-16-18(13)21-17(22-19(16)25)12-26-15-6-9-24(10-7-15)11-14-5-8-20-23-14;3-2(4,5)1(6)7;/h2-5,8,15H,6-7,9-12H2,1H3,(H,20,23)(H,21,22,25);(H,6,7);1H4. The van der Waals surface area contributed by atoms with E-state index in [2.05, 4.69) is 25.1 Å². The molecule has 186 valence electrons. The van der Waals surface area contributed by atoms with Gasteiger partial charge in [-0.1, -0.05) is 19.6 Å². The van der Waals surface area contributed by atoms with E-state index >= 15 is 0 Å². The highest BCUT2D eigenvalue weighted by atomic mass is 32.2. The van der Waals surface area contributed by atoms with Crippen LogP contribution >= 0.6 is 11.8 Å². The molecule has 1 saturated heterocycles. The van der Waals surface area contributed by atoms with Gasteiger partial charge < -0.3 is 10.1 Å². The molecule has 1 aromatic carbocycles. The minimum Gasteiger partial charge on any atom is -0.475 e. The highest BCUT2D eigenvalue weighted by Gasteiger charge is 2.38. The SMILES string of the molecule is C.Cc1cccc2c(=O)[nH]c(CSC3CCN(Cc4ccn[nH]4)CC3)nc12.O=C(O)C(F)(F)F. The summed E-state index contributed by atoms with van der Waals surface area (Å²) in [4.78, 5) is 31.3. The van der Waals surface area contributed by atoms with Crippen molar-refractivity contribution in [2.24, 2.45) is 0 Å². The molecule has 0 unspecified atom stereocenters. The van der Waals surface area contributed by atoms with E-state index in [9.17, 15) is 18.0 Å². The van der Waals surface area contributed by atoms with Crippen molar-refractivity contribution in [3.63, 3.8) is 0 Å². The smallest absolute Gasteiger partial charge is 0.475 e. The van der Waals surface area contributed by atoms with E-state index in [-0.39, 0.29) is 13.0 Å². The number of aromatic amines is 2. The number of alkyl halides is 3. The van der Waals surface area contributed by atoms with Gasteiger partial charge in [0.2, 0.25) is 0 Å². The number of carboxylic acids is 1. The lowest BCUT2D eigenvalue weighted by Crippen LogP contribution is -2.34. The summed E-state index contributed by atoms with van der Waals surface area (Å²) in [5, 5.41) is 15.5. The van der Waals surface area contributed by atoms with Crippen LogP contribution in [0.15, 0.2) is 35.3 Å².